The zero-order chi connectivity index (χ0) is 27.9. The van der Waals surface area contributed by atoms with Gasteiger partial charge in [0.15, 0.2) is 0 Å². The van der Waals surface area contributed by atoms with E-state index in [1.54, 1.807) is 43.3 Å². The van der Waals surface area contributed by atoms with E-state index >= 15 is 0 Å². The lowest BCUT2D eigenvalue weighted by Crippen LogP contribution is -2.51. The van der Waals surface area contributed by atoms with Crippen molar-refractivity contribution in [2.45, 2.75) is 44.7 Å². The molecule has 3 aromatic carbocycles. The van der Waals surface area contributed by atoms with Gasteiger partial charge in [-0.1, -0.05) is 74.7 Å². The Balaban J connectivity index is 2.02. The minimum atomic E-state index is -4.10. The van der Waals surface area contributed by atoms with Crippen LogP contribution in [0.2, 0.25) is 0 Å². The fourth-order valence-corrected chi connectivity index (χ4v) is 6.05. The van der Waals surface area contributed by atoms with E-state index in [9.17, 15) is 18.0 Å². The molecule has 1 N–H and O–H groups in total. The van der Waals surface area contributed by atoms with Crippen LogP contribution >= 0.6 is 31.9 Å². The lowest BCUT2D eigenvalue weighted by molar-refractivity contribution is -0.139. The SMILES string of the molecule is CCCNC(=O)C(C)N(Cc1cccc(Br)c1)C(=O)CN(c1cccc(Br)c1)S(=O)(=O)c1ccc(C)cc1. The van der Waals surface area contributed by atoms with E-state index < -0.39 is 28.5 Å². The average molecular weight is 665 g/mol. The minimum absolute atomic E-state index is 0.0724. The molecule has 0 spiro atoms. The number of carbonyl (C=O) groups is 2. The van der Waals surface area contributed by atoms with Gasteiger partial charge >= 0.3 is 0 Å². The fourth-order valence-electron chi connectivity index (χ4n) is 3.81. The van der Waals surface area contributed by atoms with Crippen LogP contribution in [0.1, 0.15) is 31.4 Å². The Bertz CT molecular complexity index is 1380. The summed E-state index contributed by atoms with van der Waals surface area (Å²) in [7, 11) is -4.10. The first-order valence-electron chi connectivity index (χ1n) is 12.2. The molecule has 0 aliphatic rings. The van der Waals surface area contributed by atoms with Crippen LogP contribution in [-0.4, -0.2) is 44.3 Å². The molecule has 0 saturated heterocycles. The minimum Gasteiger partial charge on any atom is -0.354 e. The number of anilines is 1. The Labute approximate surface area is 241 Å². The van der Waals surface area contributed by atoms with Crippen molar-refractivity contribution in [3.05, 3.63) is 92.9 Å². The summed E-state index contributed by atoms with van der Waals surface area (Å²) in [4.78, 5) is 28.3. The number of nitrogens with one attached hydrogen (secondary N) is 1. The van der Waals surface area contributed by atoms with Gasteiger partial charge in [0.1, 0.15) is 12.6 Å². The van der Waals surface area contributed by atoms with Crippen molar-refractivity contribution in [2.24, 2.45) is 0 Å². The summed E-state index contributed by atoms with van der Waals surface area (Å²) in [5.41, 5.74) is 2.05. The van der Waals surface area contributed by atoms with Gasteiger partial charge in [-0.15, -0.1) is 0 Å². The number of carbonyl (C=O) groups excluding carboxylic acids is 2. The van der Waals surface area contributed by atoms with Gasteiger partial charge < -0.3 is 10.2 Å². The van der Waals surface area contributed by atoms with E-state index in [1.807, 2.05) is 38.1 Å². The Kier molecular flexibility index (Phi) is 10.5. The second kappa shape index (κ2) is 13.4. The maximum atomic E-state index is 13.9. The summed E-state index contributed by atoms with van der Waals surface area (Å²) in [6.45, 7) is 5.60. The number of halogens is 2. The first kappa shape index (κ1) is 29.9. The van der Waals surface area contributed by atoms with Crippen LogP contribution in [0.5, 0.6) is 0 Å². The third-order valence-electron chi connectivity index (χ3n) is 5.94. The van der Waals surface area contributed by atoms with Crippen molar-refractivity contribution in [3.8, 4) is 0 Å². The number of hydrogen-bond acceptors (Lipinski definition) is 4. The van der Waals surface area contributed by atoms with Crippen LogP contribution in [-0.2, 0) is 26.2 Å². The molecule has 0 saturated carbocycles. The van der Waals surface area contributed by atoms with Gasteiger partial charge in [-0.3, -0.25) is 13.9 Å². The number of nitrogens with zero attached hydrogens (tertiary/aromatic N) is 2. The smallest absolute Gasteiger partial charge is 0.264 e. The number of aryl methyl sites for hydroxylation is 1. The molecular formula is C28H31Br2N3O4S. The molecule has 1 unspecified atom stereocenters. The number of hydrogen-bond donors (Lipinski definition) is 1. The van der Waals surface area contributed by atoms with Crippen molar-refractivity contribution >= 4 is 59.4 Å². The molecule has 10 heteroatoms. The molecule has 0 aromatic heterocycles. The molecule has 3 aromatic rings. The van der Waals surface area contributed by atoms with Gasteiger partial charge in [0.05, 0.1) is 10.6 Å². The van der Waals surface area contributed by atoms with Crippen LogP contribution in [0.15, 0.2) is 86.6 Å². The van der Waals surface area contributed by atoms with Crippen LogP contribution in [0.25, 0.3) is 0 Å². The van der Waals surface area contributed by atoms with Gasteiger partial charge in [-0.05, 0) is 68.3 Å². The zero-order valence-electron chi connectivity index (χ0n) is 21.5. The van der Waals surface area contributed by atoms with Crippen molar-refractivity contribution in [2.75, 3.05) is 17.4 Å². The third-order valence-corrected chi connectivity index (χ3v) is 8.72. The molecule has 202 valence electrons. The largest absolute Gasteiger partial charge is 0.354 e. The molecule has 0 aliphatic heterocycles. The molecular weight excluding hydrogens is 634 g/mol. The number of sulfonamides is 1. The van der Waals surface area contributed by atoms with E-state index in [2.05, 4.69) is 37.2 Å². The molecule has 0 heterocycles. The lowest BCUT2D eigenvalue weighted by atomic mass is 10.1. The number of rotatable bonds is 11. The summed E-state index contributed by atoms with van der Waals surface area (Å²) in [6.07, 6.45) is 0.753. The van der Waals surface area contributed by atoms with Gasteiger partial charge in [-0.25, -0.2) is 8.42 Å². The lowest BCUT2D eigenvalue weighted by Gasteiger charge is -2.32. The molecule has 0 radical (unpaired) electrons. The van der Waals surface area contributed by atoms with E-state index in [0.717, 1.165) is 26.3 Å². The number of amides is 2. The molecule has 0 fully saturated rings. The first-order valence-corrected chi connectivity index (χ1v) is 15.2. The molecule has 0 bridgehead atoms. The highest BCUT2D eigenvalue weighted by molar-refractivity contribution is 9.10. The van der Waals surface area contributed by atoms with Crippen molar-refractivity contribution in [1.82, 2.24) is 10.2 Å². The Morgan fingerprint density at radius 2 is 1.58 bits per heavy atom. The monoisotopic (exact) mass is 663 g/mol. The highest BCUT2D eigenvalue weighted by Gasteiger charge is 2.32. The Morgan fingerprint density at radius 3 is 2.18 bits per heavy atom. The van der Waals surface area contributed by atoms with Gasteiger partial charge in [-0.2, -0.15) is 0 Å². The molecule has 3 rings (SSSR count). The summed E-state index contributed by atoms with van der Waals surface area (Å²) in [6, 6.07) is 19.9. The van der Waals surface area contributed by atoms with Crippen LogP contribution in [0.3, 0.4) is 0 Å². The molecule has 7 nitrogen and oxygen atoms in total. The highest BCUT2D eigenvalue weighted by atomic mass is 79.9. The van der Waals surface area contributed by atoms with Crippen LogP contribution in [0, 0.1) is 6.92 Å². The van der Waals surface area contributed by atoms with E-state index in [-0.39, 0.29) is 17.3 Å². The zero-order valence-corrected chi connectivity index (χ0v) is 25.5. The summed E-state index contributed by atoms with van der Waals surface area (Å²) >= 11 is 6.85. The van der Waals surface area contributed by atoms with E-state index in [4.69, 9.17) is 0 Å². The van der Waals surface area contributed by atoms with Crippen LogP contribution < -0.4 is 9.62 Å². The predicted octanol–water partition coefficient (Wildman–Crippen LogP) is 5.66. The van der Waals surface area contributed by atoms with Crippen LogP contribution in [0.4, 0.5) is 5.69 Å². The van der Waals surface area contributed by atoms with Gasteiger partial charge in [0.2, 0.25) is 11.8 Å². The molecule has 38 heavy (non-hydrogen) atoms. The summed E-state index contributed by atoms with van der Waals surface area (Å²) < 4.78 is 30.2. The maximum absolute atomic E-state index is 13.9. The predicted molar refractivity (Wildman–Crippen MR) is 157 cm³/mol. The molecule has 2 amide bonds. The van der Waals surface area contributed by atoms with E-state index in [1.165, 1.54) is 17.0 Å². The normalized spacial score (nSPS) is 12.0. The fraction of sp³-hybridized carbons (Fsp3) is 0.286. The van der Waals surface area contributed by atoms with Crippen molar-refractivity contribution in [3.63, 3.8) is 0 Å². The highest BCUT2D eigenvalue weighted by Crippen LogP contribution is 2.27. The third kappa shape index (κ3) is 7.68. The van der Waals surface area contributed by atoms with Gasteiger partial charge in [0, 0.05) is 22.0 Å². The molecule has 1 atom stereocenters. The summed E-state index contributed by atoms with van der Waals surface area (Å²) in [5, 5.41) is 2.84. The first-order chi connectivity index (χ1) is 18.0. The standard InChI is InChI=1S/C28H31Br2N3O4S/c1-4-15-31-28(35)21(3)32(18-22-7-5-8-23(29)16-22)27(34)19-33(25-10-6-9-24(30)17-25)38(36,37)26-13-11-20(2)12-14-26/h5-14,16-17,21H,4,15,18-19H2,1-3H3,(H,31,35). The van der Waals surface area contributed by atoms with Crippen molar-refractivity contribution in [1.29, 1.82) is 0 Å². The van der Waals surface area contributed by atoms with E-state index in [0.29, 0.717) is 16.7 Å². The quantitative estimate of drug-likeness (QED) is 0.287. The second-order valence-electron chi connectivity index (χ2n) is 8.92. The number of benzene rings is 3. The Morgan fingerprint density at radius 1 is 0.947 bits per heavy atom. The topological polar surface area (TPSA) is 86.8 Å². The van der Waals surface area contributed by atoms with Crippen molar-refractivity contribution < 1.29 is 18.0 Å². The molecule has 0 aliphatic carbocycles. The Hall–Kier alpha value is -2.69. The maximum Gasteiger partial charge on any atom is 0.264 e. The van der Waals surface area contributed by atoms with Gasteiger partial charge in [0.25, 0.3) is 10.0 Å². The summed E-state index contributed by atoms with van der Waals surface area (Å²) in [5.74, 6) is -0.801. The second-order valence-corrected chi connectivity index (χ2v) is 12.6. The average Bonchev–Trinajstić information content (AvgIpc) is 2.88.